The summed E-state index contributed by atoms with van der Waals surface area (Å²) in [7, 11) is 0. The lowest BCUT2D eigenvalue weighted by Gasteiger charge is -2.10. The largest absolute Gasteiger partial charge is 0.416 e. The van der Waals surface area contributed by atoms with Gasteiger partial charge in [-0.2, -0.15) is 13.2 Å². The lowest BCUT2D eigenvalue weighted by atomic mass is 10.0. The van der Waals surface area contributed by atoms with Gasteiger partial charge in [-0.15, -0.1) is 6.58 Å². The molecule has 1 aromatic carbocycles. The van der Waals surface area contributed by atoms with Crippen molar-refractivity contribution in [2.24, 2.45) is 0 Å². The van der Waals surface area contributed by atoms with Gasteiger partial charge in [0, 0.05) is 0 Å². The fourth-order valence-electron chi connectivity index (χ4n) is 1.05. The van der Waals surface area contributed by atoms with Crippen LogP contribution >= 0.6 is 0 Å². The molecule has 69 valence electrons. The molecule has 0 aliphatic carbocycles. The highest BCUT2D eigenvalue weighted by molar-refractivity contribution is 5.29. The number of rotatable bonds is 2. The van der Waals surface area contributed by atoms with Crippen molar-refractivity contribution in [2.75, 3.05) is 0 Å². The van der Waals surface area contributed by atoms with Gasteiger partial charge in [0.25, 0.3) is 0 Å². The van der Waals surface area contributed by atoms with Crippen molar-refractivity contribution in [3.63, 3.8) is 0 Å². The van der Waals surface area contributed by atoms with E-state index in [1.165, 1.54) is 18.2 Å². The summed E-state index contributed by atoms with van der Waals surface area (Å²) in [5, 5.41) is 0. The summed E-state index contributed by atoms with van der Waals surface area (Å²) in [6, 6.07) is 6.40. The minimum atomic E-state index is -4.30. The Labute approximate surface area is 74.7 Å². The molecule has 1 radical (unpaired) electrons. The van der Waals surface area contributed by atoms with Crippen LogP contribution in [0.3, 0.4) is 0 Å². The van der Waals surface area contributed by atoms with Crippen molar-refractivity contribution >= 4 is 0 Å². The molecule has 0 saturated heterocycles. The van der Waals surface area contributed by atoms with Gasteiger partial charge in [0.2, 0.25) is 0 Å². The van der Waals surface area contributed by atoms with Crippen LogP contribution in [-0.2, 0) is 12.6 Å². The first-order valence-corrected chi connectivity index (χ1v) is 3.73. The third kappa shape index (κ3) is 2.34. The van der Waals surface area contributed by atoms with Crippen LogP contribution in [0, 0.1) is 6.07 Å². The minimum absolute atomic E-state index is 0.144. The number of benzene rings is 1. The topological polar surface area (TPSA) is 0 Å². The Kier molecular flexibility index (Phi) is 2.76. The number of halogens is 3. The third-order valence-corrected chi connectivity index (χ3v) is 1.60. The molecule has 0 bridgehead atoms. The molecule has 0 N–H and O–H groups in total. The molecule has 0 amide bonds. The van der Waals surface area contributed by atoms with Crippen molar-refractivity contribution < 1.29 is 13.2 Å². The molecular weight excluding hydrogens is 177 g/mol. The monoisotopic (exact) mass is 185 g/mol. The SMILES string of the molecule is C=CCc1[c]cccc1C(F)(F)F. The maximum absolute atomic E-state index is 12.3. The predicted molar refractivity (Wildman–Crippen MR) is 44.2 cm³/mol. The Morgan fingerprint density at radius 1 is 1.46 bits per heavy atom. The zero-order valence-electron chi connectivity index (χ0n) is 6.86. The smallest absolute Gasteiger partial charge is 0.166 e. The van der Waals surface area contributed by atoms with Gasteiger partial charge in [-0.3, -0.25) is 0 Å². The van der Waals surface area contributed by atoms with Crippen LogP contribution < -0.4 is 0 Å². The molecule has 0 heterocycles. The van der Waals surface area contributed by atoms with E-state index in [-0.39, 0.29) is 12.0 Å². The standard InChI is InChI=1S/C10H8F3/c1-2-5-8-6-3-4-7-9(8)10(11,12)13/h2-4,7H,1,5H2. The van der Waals surface area contributed by atoms with Crippen molar-refractivity contribution in [1.29, 1.82) is 0 Å². The fourth-order valence-corrected chi connectivity index (χ4v) is 1.05. The molecule has 13 heavy (non-hydrogen) atoms. The van der Waals surface area contributed by atoms with Gasteiger partial charge >= 0.3 is 6.18 Å². The van der Waals surface area contributed by atoms with Crippen molar-refractivity contribution in [2.45, 2.75) is 12.6 Å². The second kappa shape index (κ2) is 3.64. The van der Waals surface area contributed by atoms with Gasteiger partial charge in [-0.05, 0) is 24.1 Å². The molecule has 0 aromatic heterocycles. The summed E-state index contributed by atoms with van der Waals surface area (Å²) in [4.78, 5) is 0. The van der Waals surface area contributed by atoms with Crippen LogP contribution in [0.1, 0.15) is 11.1 Å². The lowest BCUT2D eigenvalue weighted by Crippen LogP contribution is -2.08. The number of hydrogen-bond donors (Lipinski definition) is 0. The molecule has 0 spiro atoms. The Morgan fingerprint density at radius 2 is 2.15 bits per heavy atom. The highest BCUT2D eigenvalue weighted by atomic mass is 19.4. The third-order valence-electron chi connectivity index (χ3n) is 1.60. The van der Waals surface area contributed by atoms with E-state index >= 15 is 0 Å². The Morgan fingerprint density at radius 3 is 2.69 bits per heavy atom. The molecule has 0 aliphatic rings. The summed E-state index contributed by atoms with van der Waals surface area (Å²) >= 11 is 0. The maximum Gasteiger partial charge on any atom is 0.416 e. The molecule has 3 heteroatoms. The van der Waals surface area contributed by atoms with E-state index in [0.29, 0.717) is 0 Å². The van der Waals surface area contributed by atoms with E-state index < -0.39 is 11.7 Å². The molecule has 1 aromatic rings. The first-order valence-electron chi connectivity index (χ1n) is 3.73. The predicted octanol–water partition coefficient (Wildman–Crippen LogP) is 3.23. The molecular formula is C10H8F3. The molecule has 0 atom stereocenters. The van der Waals surface area contributed by atoms with E-state index in [1.54, 1.807) is 0 Å². The minimum Gasteiger partial charge on any atom is -0.166 e. The number of allylic oxidation sites excluding steroid dienone is 1. The lowest BCUT2D eigenvalue weighted by molar-refractivity contribution is -0.138. The summed E-state index contributed by atoms with van der Waals surface area (Å²) < 4.78 is 37.0. The molecule has 0 aliphatic heterocycles. The molecule has 0 unspecified atom stereocenters. The van der Waals surface area contributed by atoms with Gasteiger partial charge in [-0.25, -0.2) is 0 Å². The summed E-state index contributed by atoms with van der Waals surface area (Å²) in [6.45, 7) is 3.39. The van der Waals surface area contributed by atoms with Crippen LogP contribution in [0.25, 0.3) is 0 Å². The summed E-state index contributed by atoms with van der Waals surface area (Å²) in [5.41, 5.74) is -0.486. The zero-order chi connectivity index (χ0) is 9.90. The molecule has 0 saturated carbocycles. The Bertz CT molecular complexity index is 299. The van der Waals surface area contributed by atoms with Crippen LogP contribution in [0.15, 0.2) is 30.9 Å². The van der Waals surface area contributed by atoms with Gasteiger partial charge in [0.15, 0.2) is 0 Å². The van der Waals surface area contributed by atoms with E-state index in [2.05, 4.69) is 12.6 Å². The second-order valence-electron chi connectivity index (χ2n) is 2.55. The average molecular weight is 185 g/mol. The van der Waals surface area contributed by atoms with Crippen LogP contribution in [-0.4, -0.2) is 0 Å². The van der Waals surface area contributed by atoms with Crippen LogP contribution in [0.5, 0.6) is 0 Å². The molecule has 1 rings (SSSR count). The molecule has 0 nitrogen and oxygen atoms in total. The van der Waals surface area contributed by atoms with E-state index in [1.807, 2.05) is 0 Å². The first kappa shape index (κ1) is 9.84. The quantitative estimate of drug-likeness (QED) is 0.620. The van der Waals surface area contributed by atoms with E-state index in [0.717, 1.165) is 6.07 Å². The fraction of sp³-hybridized carbons (Fsp3) is 0.200. The van der Waals surface area contributed by atoms with E-state index in [4.69, 9.17) is 0 Å². The maximum atomic E-state index is 12.3. The van der Waals surface area contributed by atoms with Crippen molar-refractivity contribution in [3.8, 4) is 0 Å². The average Bonchev–Trinajstić information content (AvgIpc) is 2.04. The van der Waals surface area contributed by atoms with Crippen molar-refractivity contribution in [3.05, 3.63) is 48.0 Å². The highest BCUT2D eigenvalue weighted by Gasteiger charge is 2.32. The Balaban J connectivity index is 3.11. The number of hydrogen-bond acceptors (Lipinski definition) is 0. The summed E-state index contributed by atoms with van der Waals surface area (Å²) in [6.07, 6.45) is -2.67. The van der Waals surface area contributed by atoms with Gasteiger partial charge in [0.05, 0.1) is 5.56 Å². The zero-order valence-corrected chi connectivity index (χ0v) is 6.86. The molecule has 0 fully saturated rings. The van der Waals surface area contributed by atoms with Crippen molar-refractivity contribution in [1.82, 2.24) is 0 Å². The first-order chi connectivity index (χ1) is 6.05. The van der Waals surface area contributed by atoms with Crippen LogP contribution in [0.4, 0.5) is 13.2 Å². The van der Waals surface area contributed by atoms with Crippen LogP contribution in [0.2, 0.25) is 0 Å². The highest BCUT2D eigenvalue weighted by Crippen LogP contribution is 2.31. The van der Waals surface area contributed by atoms with E-state index in [9.17, 15) is 13.2 Å². The normalized spacial score (nSPS) is 11.3. The Hall–Kier alpha value is -1.25. The number of alkyl halides is 3. The van der Waals surface area contributed by atoms with Gasteiger partial charge in [0.1, 0.15) is 0 Å². The van der Waals surface area contributed by atoms with Gasteiger partial charge in [-0.1, -0.05) is 18.2 Å². The second-order valence-corrected chi connectivity index (χ2v) is 2.55. The summed E-state index contributed by atoms with van der Waals surface area (Å²) in [5.74, 6) is 0. The van der Waals surface area contributed by atoms with Gasteiger partial charge < -0.3 is 0 Å².